The number of carboxylic acids is 1. The van der Waals surface area contributed by atoms with E-state index in [1.165, 1.54) is 28.4 Å². The summed E-state index contributed by atoms with van der Waals surface area (Å²) in [6.07, 6.45) is 2.38. The molecule has 0 atom stereocenters. The van der Waals surface area contributed by atoms with E-state index in [9.17, 15) is 19.7 Å². The molecule has 110 valence electrons. The van der Waals surface area contributed by atoms with Crippen molar-refractivity contribution < 1.29 is 14.8 Å². The summed E-state index contributed by atoms with van der Waals surface area (Å²) < 4.78 is 2.43. The van der Waals surface area contributed by atoms with Gasteiger partial charge in [-0.2, -0.15) is 0 Å². The van der Waals surface area contributed by atoms with Crippen LogP contribution in [-0.2, 0) is 13.1 Å². The monoisotopic (exact) mass is 293 g/mol. The maximum atomic E-state index is 11.8. The van der Waals surface area contributed by atoms with Crippen molar-refractivity contribution in [2.45, 2.75) is 20.0 Å². The van der Waals surface area contributed by atoms with Crippen molar-refractivity contribution in [3.8, 4) is 0 Å². The lowest BCUT2D eigenvalue weighted by molar-refractivity contribution is -0.385. The zero-order valence-corrected chi connectivity index (χ0v) is 11.0. The third kappa shape index (κ3) is 3.11. The number of carbonyl (C=O) groups is 1. The van der Waals surface area contributed by atoms with Gasteiger partial charge in [0, 0.05) is 18.2 Å². The second-order valence-corrected chi connectivity index (χ2v) is 4.30. The molecule has 0 aliphatic heterocycles. The van der Waals surface area contributed by atoms with Crippen LogP contribution in [0.5, 0.6) is 0 Å². The zero-order valence-electron chi connectivity index (χ0n) is 11.0. The van der Waals surface area contributed by atoms with Gasteiger partial charge >= 0.3 is 5.97 Å². The van der Waals surface area contributed by atoms with Gasteiger partial charge in [0.15, 0.2) is 5.69 Å². The molecule has 0 unspecified atom stereocenters. The molecule has 0 spiro atoms. The SMILES string of the molecule is Cc1cc(=O)n(CCn2cc(C(=O)O)nn2)cc1[N+](=O)[O-]. The number of rotatable bonds is 5. The van der Waals surface area contributed by atoms with Crippen LogP contribution in [0.15, 0.2) is 23.3 Å². The molecule has 2 aromatic heterocycles. The molecule has 2 aromatic rings. The first kappa shape index (κ1) is 14.4. The summed E-state index contributed by atoms with van der Waals surface area (Å²) in [5, 5.41) is 26.6. The summed E-state index contributed by atoms with van der Waals surface area (Å²) in [6.45, 7) is 1.77. The van der Waals surface area contributed by atoms with Crippen molar-refractivity contribution in [2.75, 3.05) is 0 Å². The predicted octanol–water partition coefficient (Wildman–Crippen LogP) is 0.0548. The summed E-state index contributed by atoms with van der Waals surface area (Å²) in [7, 11) is 0. The van der Waals surface area contributed by atoms with Gasteiger partial charge < -0.3 is 9.67 Å². The normalized spacial score (nSPS) is 10.5. The lowest BCUT2D eigenvalue weighted by atomic mass is 10.2. The standard InChI is InChI=1S/C11H11N5O5/c1-7-4-10(17)14(6-9(7)16(20)21)2-3-15-5-8(11(18)19)12-13-15/h4-6H,2-3H2,1H3,(H,18,19). The topological polar surface area (TPSA) is 133 Å². The summed E-state index contributed by atoms with van der Waals surface area (Å²) in [4.78, 5) is 32.7. The van der Waals surface area contributed by atoms with Crippen LogP contribution in [0.25, 0.3) is 0 Å². The van der Waals surface area contributed by atoms with Crippen LogP contribution in [0.2, 0.25) is 0 Å². The fourth-order valence-electron chi connectivity index (χ4n) is 1.74. The first-order chi connectivity index (χ1) is 9.88. The Balaban J connectivity index is 2.19. The zero-order chi connectivity index (χ0) is 15.6. The third-order valence-corrected chi connectivity index (χ3v) is 2.83. The Morgan fingerprint density at radius 3 is 2.71 bits per heavy atom. The van der Waals surface area contributed by atoms with Crippen LogP contribution in [0.3, 0.4) is 0 Å². The maximum absolute atomic E-state index is 11.8. The average molecular weight is 293 g/mol. The Morgan fingerprint density at radius 1 is 1.43 bits per heavy atom. The quantitative estimate of drug-likeness (QED) is 0.608. The van der Waals surface area contributed by atoms with Crippen molar-refractivity contribution in [1.29, 1.82) is 0 Å². The molecule has 0 bridgehead atoms. The maximum Gasteiger partial charge on any atom is 0.358 e. The van der Waals surface area contributed by atoms with Crippen molar-refractivity contribution >= 4 is 11.7 Å². The molecule has 2 heterocycles. The summed E-state index contributed by atoms with van der Waals surface area (Å²) in [5.74, 6) is -1.20. The van der Waals surface area contributed by atoms with Crippen LogP contribution in [0, 0.1) is 17.0 Å². The van der Waals surface area contributed by atoms with Gasteiger partial charge in [0.05, 0.1) is 23.9 Å². The number of aromatic nitrogens is 4. The first-order valence-electron chi connectivity index (χ1n) is 5.87. The van der Waals surface area contributed by atoms with E-state index in [1.54, 1.807) is 0 Å². The van der Waals surface area contributed by atoms with Gasteiger partial charge in [-0.3, -0.25) is 14.9 Å². The van der Waals surface area contributed by atoms with Crippen molar-refractivity contribution in [1.82, 2.24) is 19.6 Å². The van der Waals surface area contributed by atoms with E-state index < -0.39 is 10.9 Å². The number of aryl methyl sites for hydroxylation is 3. The molecule has 0 saturated carbocycles. The molecule has 0 saturated heterocycles. The van der Waals surface area contributed by atoms with Crippen molar-refractivity contribution in [3.63, 3.8) is 0 Å². The van der Waals surface area contributed by atoms with Gasteiger partial charge in [-0.15, -0.1) is 5.10 Å². The van der Waals surface area contributed by atoms with Gasteiger partial charge in [0.25, 0.3) is 11.2 Å². The third-order valence-electron chi connectivity index (χ3n) is 2.83. The largest absolute Gasteiger partial charge is 0.476 e. The van der Waals surface area contributed by atoms with Crippen molar-refractivity contribution in [3.05, 3.63) is 50.2 Å². The minimum absolute atomic E-state index is 0.113. The summed E-state index contributed by atoms with van der Waals surface area (Å²) in [5.41, 5.74) is -0.455. The van der Waals surface area contributed by atoms with Gasteiger partial charge in [-0.1, -0.05) is 5.21 Å². The molecule has 10 nitrogen and oxygen atoms in total. The number of pyridine rings is 1. The molecular weight excluding hydrogens is 282 g/mol. The smallest absolute Gasteiger partial charge is 0.358 e. The molecular formula is C11H11N5O5. The van der Waals surface area contributed by atoms with Gasteiger partial charge in [-0.25, -0.2) is 9.48 Å². The molecule has 0 aliphatic rings. The molecule has 0 aromatic carbocycles. The Hall–Kier alpha value is -3.04. The van der Waals surface area contributed by atoms with Crippen LogP contribution in [0.1, 0.15) is 16.1 Å². The molecule has 0 amide bonds. The number of hydrogen-bond acceptors (Lipinski definition) is 6. The number of aromatic carboxylic acids is 1. The Morgan fingerprint density at radius 2 is 2.14 bits per heavy atom. The second-order valence-electron chi connectivity index (χ2n) is 4.30. The van der Waals surface area contributed by atoms with E-state index in [4.69, 9.17) is 5.11 Å². The molecule has 10 heteroatoms. The van der Waals surface area contributed by atoms with Crippen LogP contribution in [0.4, 0.5) is 5.69 Å². The highest BCUT2D eigenvalue weighted by Crippen LogP contribution is 2.13. The molecule has 0 fully saturated rings. The molecule has 2 rings (SSSR count). The average Bonchev–Trinajstić information content (AvgIpc) is 2.86. The second kappa shape index (κ2) is 5.53. The Kier molecular flexibility index (Phi) is 3.78. The minimum atomic E-state index is -1.20. The summed E-state index contributed by atoms with van der Waals surface area (Å²) >= 11 is 0. The van der Waals surface area contributed by atoms with Crippen LogP contribution in [-0.4, -0.2) is 35.6 Å². The van der Waals surface area contributed by atoms with Crippen LogP contribution < -0.4 is 5.56 Å². The first-order valence-corrected chi connectivity index (χ1v) is 5.87. The number of nitrogens with zero attached hydrogens (tertiary/aromatic N) is 5. The fourth-order valence-corrected chi connectivity index (χ4v) is 1.74. The molecule has 21 heavy (non-hydrogen) atoms. The molecule has 1 N–H and O–H groups in total. The van der Waals surface area contributed by atoms with E-state index in [-0.39, 0.29) is 35.6 Å². The van der Waals surface area contributed by atoms with E-state index in [1.807, 2.05) is 0 Å². The highest BCUT2D eigenvalue weighted by Gasteiger charge is 2.13. The minimum Gasteiger partial charge on any atom is -0.476 e. The van der Waals surface area contributed by atoms with Gasteiger partial charge in [0.2, 0.25) is 0 Å². The molecule has 0 aliphatic carbocycles. The predicted molar refractivity (Wildman–Crippen MR) is 69.1 cm³/mol. The Labute approximate surface area is 117 Å². The Bertz CT molecular complexity index is 763. The van der Waals surface area contributed by atoms with Crippen LogP contribution >= 0.6 is 0 Å². The lowest BCUT2D eigenvalue weighted by Gasteiger charge is -2.06. The number of carboxylic acid groups (broad SMARTS) is 1. The number of hydrogen-bond donors (Lipinski definition) is 1. The summed E-state index contributed by atoms with van der Waals surface area (Å²) in [6, 6.07) is 1.18. The van der Waals surface area contributed by atoms with Crippen molar-refractivity contribution in [2.24, 2.45) is 0 Å². The van der Waals surface area contributed by atoms with E-state index in [0.717, 1.165) is 6.20 Å². The van der Waals surface area contributed by atoms with Gasteiger partial charge in [-0.05, 0) is 6.92 Å². The van der Waals surface area contributed by atoms with Gasteiger partial charge in [0.1, 0.15) is 0 Å². The van der Waals surface area contributed by atoms with E-state index in [0.29, 0.717) is 0 Å². The lowest BCUT2D eigenvalue weighted by Crippen LogP contribution is -2.22. The number of nitro groups is 1. The highest BCUT2D eigenvalue weighted by atomic mass is 16.6. The van der Waals surface area contributed by atoms with E-state index >= 15 is 0 Å². The van der Waals surface area contributed by atoms with E-state index in [2.05, 4.69) is 10.3 Å². The highest BCUT2D eigenvalue weighted by molar-refractivity contribution is 5.84. The fraction of sp³-hybridized carbons (Fsp3) is 0.273. The molecule has 0 radical (unpaired) electrons.